The summed E-state index contributed by atoms with van der Waals surface area (Å²) in [5.74, 6) is -1.04. The Bertz CT molecular complexity index is 1290. The molecule has 1 fully saturated rings. The van der Waals surface area contributed by atoms with Crippen molar-refractivity contribution in [2.75, 3.05) is 25.5 Å². The van der Waals surface area contributed by atoms with E-state index < -0.39 is 23.4 Å². The van der Waals surface area contributed by atoms with Gasteiger partial charge in [-0.1, -0.05) is 11.6 Å². The van der Waals surface area contributed by atoms with Crippen LogP contribution in [-0.4, -0.2) is 51.2 Å². The van der Waals surface area contributed by atoms with Crippen LogP contribution in [0.3, 0.4) is 0 Å². The lowest BCUT2D eigenvalue weighted by molar-refractivity contribution is 0.0640. The first-order valence-corrected chi connectivity index (χ1v) is 12.3. The van der Waals surface area contributed by atoms with Gasteiger partial charge >= 0.3 is 0 Å². The molecule has 0 spiro atoms. The third-order valence-corrected chi connectivity index (χ3v) is 6.64. The number of halogens is 2. The Morgan fingerprint density at radius 1 is 1.44 bits per heavy atom. The van der Waals surface area contributed by atoms with Crippen molar-refractivity contribution in [3.8, 4) is 5.75 Å². The molecule has 36 heavy (non-hydrogen) atoms. The van der Waals surface area contributed by atoms with Gasteiger partial charge in [0.2, 0.25) is 0 Å². The maximum atomic E-state index is 15.4. The highest BCUT2D eigenvalue weighted by atomic mass is 35.5. The van der Waals surface area contributed by atoms with E-state index in [1.54, 1.807) is 31.4 Å². The highest BCUT2D eigenvalue weighted by Gasteiger charge is 2.39. The van der Waals surface area contributed by atoms with Crippen LogP contribution in [0.5, 0.6) is 5.75 Å². The first-order valence-electron chi connectivity index (χ1n) is 11.9. The number of nitrogens with one attached hydrogen (secondary N) is 1. The molecule has 1 aliphatic rings. The Balaban J connectivity index is 1.83. The van der Waals surface area contributed by atoms with Gasteiger partial charge in [-0.05, 0) is 52.5 Å². The van der Waals surface area contributed by atoms with Gasteiger partial charge < -0.3 is 25.6 Å². The number of rotatable bonds is 7. The van der Waals surface area contributed by atoms with Crippen LogP contribution in [0, 0.1) is 18.7 Å². The lowest BCUT2D eigenvalue weighted by Crippen LogP contribution is -2.34. The fourth-order valence-electron chi connectivity index (χ4n) is 4.51. The molecule has 0 radical (unpaired) electrons. The van der Waals surface area contributed by atoms with Gasteiger partial charge in [-0.15, -0.1) is 0 Å². The SMILES string of the molecule is Cc1nc([C@@](C)(O)c2cc(Cl)c(F)c(C(=O)NCC3CCOCC3)c2OC(C)C)n2ccnc(N)c12. The fraction of sp³-hybridized carbons (Fsp3) is 0.480. The van der Waals surface area contributed by atoms with Crippen LogP contribution in [0.25, 0.3) is 5.52 Å². The standard InChI is InChI=1S/C25H31ClFN5O4/c1-13(2)36-21-16(25(4,34)24-31-14(3)20-22(28)29-7-8-32(20)24)11-17(26)19(27)18(21)23(33)30-12-15-5-9-35-10-6-15/h7-8,11,13,15,34H,5-6,9-10,12H2,1-4H3,(H2,28,29)(H,30,33)/t25-/m0/s1. The van der Waals surface area contributed by atoms with Crippen LogP contribution in [0.15, 0.2) is 18.5 Å². The van der Waals surface area contributed by atoms with Crippen molar-refractivity contribution in [2.45, 2.75) is 52.2 Å². The second-order valence-corrected chi connectivity index (χ2v) is 9.89. The predicted molar refractivity (Wildman–Crippen MR) is 134 cm³/mol. The fourth-order valence-corrected chi connectivity index (χ4v) is 4.72. The molecule has 4 rings (SSSR count). The Morgan fingerprint density at radius 3 is 2.81 bits per heavy atom. The molecule has 9 nitrogen and oxygen atoms in total. The quantitative estimate of drug-likeness (QED) is 0.435. The molecule has 1 saturated heterocycles. The minimum absolute atomic E-state index is 0.0982. The lowest BCUT2D eigenvalue weighted by Gasteiger charge is -2.28. The summed E-state index contributed by atoms with van der Waals surface area (Å²) in [5.41, 5.74) is 5.01. The summed E-state index contributed by atoms with van der Waals surface area (Å²) < 4.78 is 28.3. The predicted octanol–water partition coefficient (Wildman–Crippen LogP) is 3.61. The summed E-state index contributed by atoms with van der Waals surface area (Å²) in [7, 11) is 0. The van der Waals surface area contributed by atoms with Crippen molar-refractivity contribution in [3.63, 3.8) is 0 Å². The van der Waals surface area contributed by atoms with E-state index in [1.165, 1.54) is 19.2 Å². The number of aromatic nitrogens is 3. The lowest BCUT2D eigenvalue weighted by atomic mass is 9.91. The van der Waals surface area contributed by atoms with E-state index in [9.17, 15) is 9.90 Å². The van der Waals surface area contributed by atoms with Crippen molar-refractivity contribution in [2.24, 2.45) is 5.92 Å². The van der Waals surface area contributed by atoms with Gasteiger partial charge in [-0.25, -0.2) is 14.4 Å². The molecule has 3 aromatic rings. The van der Waals surface area contributed by atoms with Gasteiger partial charge in [0.1, 0.15) is 34.1 Å². The van der Waals surface area contributed by atoms with Crippen molar-refractivity contribution in [1.82, 2.24) is 19.7 Å². The zero-order valence-corrected chi connectivity index (χ0v) is 21.5. The van der Waals surface area contributed by atoms with E-state index in [-0.39, 0.29) is 39.5 Å². The zero-order valence-electron chi connectivity index (χ0n) is 20.8. The van der Waals surface area contributed by atoms with Crippen molar-refractivity contribution < 1.29 is 23.8 Å². The van der Waals surface area contributed by atoms with Crippen LogP contribution >= 0.6 is 11.6 Å². The maximum Gasteiger partial charge on any atom is 0.258 e. The van der Waals surface area contributed by atoms with Gasteiger partial charge in [0, 0.05) is 37.7 Å². The smallest absolute Gasteiger partial charge is 0.258 e. The number of amides is 1. The molecular formula is C25H31ClFN5O4. The molecule has 2 aromatic heterocycles. The van der Waals surface area contributed by atoms with E-state index in [2.05, 4.69) is 15.3 Å². The number of benzene rings is 1. The van der Waals surface area contributed by atoms with E-state index in [0.717, 1.165) is 12.8 Å². The number of aliphatic hydroxyl groups is 1. The summed E-state index contributed by atoms with van der Waals surface area (Å²) >= 11 is 6.27. The van der Waals surface area contributed by atoms with Gasteiger partial charge in [-0.3, -0.25) is 9.20 Å². The minimum atomic E-state index is -1.84. The highest BCUT2D eigenvalue weighted by molar-refractivity contribution is 6.31. The summed E-state index contributed by atoms with van der Waals surface area (Å²) in [6.07, 6.45) is 4.28. The van der Waals surface area contributed by atoms with Crippen LogP contribution in [0.4, 0.5) is 10.2 Å². The number of hydrogen-bond acceptors (Lipinski definition) is 7. The number of aryl methyl sites for hydroxylation is 1. The van der Waals surface area contributed by atoms with Gasteiger partial charge in [0.25, 0.3) is 5.91 Å². The molecule has 3 heterocycles. The van der Waals surface area contributed by atoms with Gasteiger partial charge in [-0.2, -0.15) is 0 Å². The number of nitrogen functional groups attached to an aromatic ring is 1. The van der Waals surface area contributed by atoms with Crippen LogP contribution in [0.2, 0.25) is 5.02 Å². The van der Waals surface area contributed by atoms with E-state index in [4.69, 9.17) is 26.8 Å². The third-order valence-electron chi connectivity index (χ3n) is 6.36. The average molecular weight is 520 g/mol. The Hall–Kier alpha value is -2.95. The summed E-state index contributed by atoms with van der Waals surface area (Å²) in [5, 5.41) is 14.3. The first kappa shape index (κ1) is 26.1. The maximum absolute atomic E-state index is 15.4. The van der Waals surface area contributed by atoms with Gasteiger partial charge in [0.05, 0.1) is 16.8 Å². The highest BCUT2D eigenvalue weighted by Crippen LogP contribution is 2.42. The molecule has 1 aliphatic heterocycles. The molecule has 0 saturated carbocycles. The normalized spacial score (nSPS) is 16.3. The van der Waals surface area contributed by atoms with E-state index in [0.29, 0.717) is 31.0 Å². The molecule has 0 bridgehead atoms. The first-order chi connectivity index (χ1) is 17.0. The van der Waals surface area contributed by atoms with Gasteiger partial charge in [0.15, 0.2) is 5.82 Å². The molecule has 1 atom stereocenters. The molecule has 0 aliphatic carbocycles. The summed E-state index contributed by atoms with van der Waals surface area (Å²) in [6, 6.07) is 1.27. The third kappa shape index (κ3) is 4.85. The van der Waals surface area contributed by atoms with Crippen LogP contribution < -0.4 is 15.8 Å². The molecule has 194 valence electrons. The number of carbonyl (C=O) groups excluding carboxylic acids is 1. The Morgan fingerprint density at radius 2 is 2.14 bits per heavy atom. The number of nitrogens with zero attached hydrogens (tertiary/aromatic N) is 3. The molecular weight excluding hydrogens is 489 g/mol. The molecule has 1 aromatic carbocycles. The average Bonchev–Trinajstić information content (AvgIpc) is 3.18. The Labute approximate surface area is 213 Å². The van der Waals surface area contributed by atoms with Crippen LogP contribution in [0.1, 0.15) is 61.1 Å². The summed E-state index contributed by atoms with van der Waals surface area (Å²) in [6.45, 7) is 8.32. The number of nitrogens with two attached hydrogens (primary N) is 1. The largest absolute Gasteiger partial charge is 0.490 e. The van der Waals surface area contributed by atoms with E-state index >= 15 is 4.39 Å². The van der Waals surface area contributed by atoms with E-state index in [1.807, 2.05) is 0 Å². The second-order valence-electron chi connectivity index (χ2n) is 9.48. The number of imidazole rings is 1. The van der Waals surface area contributed by atoms with Crippen molar-refractivity contribution >= 4 is 28.8 Å². The zero-order chi connectivity index (χ0) is 26.2. The summed E-state index contributed by atoms with van der Waals surface area (Å²) in [4.78, 5) is 21.9. The van der Waals surface area contributed by atoms with Crippen molar-refractivity contribution in [3.05, 3.63) is 51.9 Å². The number of ether oxygens (including phenoxy) is 2. The number of carbonyl (C=O) groups is 1. The monoisotopic (exact) mass is 519 g/mol. The molecule has 4 N–H and O–H groups in total. The molecule has 1 amide bonds. The topological polar surface area (TPSA) is 124 Å². The number of fused-ring (bicyclic) bond motifs is 1. The van der Waals surface area contributed by atoms with Crippen LogP contribution in [-0.2, 0) is 10.3 Å². The Kier molecular flexibility index (Phi) is 7.40. The molecule has 0 unspecified atom stereocenters. The number of anilines is 1. The minimum Gasteiger partial charge on any atom is -0.490 e. The number of hydrogen-bond donors (Lipinski definition) is 3. The van der Waals surface area contributed by atoms with Crippen molar-refractivity contribution in [1.29, 1.82) is 0 Å². The second kappa shape index (κ2) is 10.2. The molecule has 11 heteroatoms.